The molecule has 2 aromatic rings. The summed E-state index contributed by atoms with van der Waals surface area (Å²) in [6.07, 6.45) is 1.16. The number of nitrogens with zero attached hydrogens (tertiary/aromatic N) is 3. The van der Waals surface area contributed by atoms with Gasteiger partial charge in [-0.05, 0) is 12.1 Å². The standard InChI is InChI=1S/C10H9ClN4O/c11-9-8(6-13-16)10(12)14-15(9)7-4-2-1-3-5-7/h1-6,16H,(H2,12,14). The normalized spacial score (nSPS) is 11.1. The zero-order chi connectivity index (χ0) is 11.5. The van der Waals surface area contributed by atoms with Crippen LogP contribution in [0.4, 0.5) is 5.82 Å². The van der Waals surface area contributed by atoms with Crippen molar-refractivity contribution in [1.29, 1.82) is 0 Å². The van der Waals surface area contributed by atoms with Crippen molar-refractivity contribution in [2.24, 2.45) is 5.16 Å². The van der Waals surface area contributed by atoms with Gasteiger partial charge in [0.15, 0.2) is 5.82 Å². The van der Waals surface area contributed by atoms with E-state index >= 15 is 0 Å². The molecule has 6 heteroatoms. The van der Waals surface area contributed by atoms with Crippen molar-refractivity contribution in [2.75, 3.05) is 5.73 Å². The Hall–Kier alpha value is -2.01. The van der Waals surface area contributed by atoms with Crippen LogP contribution < -0.4 is 5.73 Å². The summed E-state index contributed by atoms with van der Waals surface area (Å²) in [4.78, 5) is 0. The number of anilines is 1. The summed E-state index contributed by atoms with van der Waals surface area (Å²) >= 11 is 6.06. The third-order valence-corrected chi connectivity index (χ3v) is 2.44. The van der Waals surface area contributed by atoms with Crippen molar-refractivity contribution in [2.45, 2.75) is 0 Å². The summed E-state index contributed by atoms with van der Waals surface area (Å²) in [5.41, 5.74) is 6.83. The average molecular weight is 237 g/mol. The maximum absolute atomic E-state index is 8.47. The summed E-state index contributed by atoms with van der Waals surface area (Å²) in [5, 5.41) is 15.7. The highest BCUT2D eigenvalue weighted by Crippen LogP contribution is 2.23. The lowest BCUT2D eigenvalue weighted by molar-refractivity contribution is 0.322. The number of para-hydroxylation sites is 1. The SMILES string of the molecule is Nc1nn(-c2ccccc2)c(Cl)c1C=NO. The number of nitrogens with two attached hydrogens (primary N) is 1. The zero-order valence-electron chi connectivity index (χ0n) is 8.21. The molecule has 0 aliphatic carbocycles. The highest BCUT2D eigenvalue weighted by molar-refractivity contribution is 6.32. The molecule has 0 atom stereocenters. The Balaban J connectivity index is 2.56. The lowest BCUT2D eigenvalue weighted by Crippen LogP contribution is -1.96. The van der Waals surface area contributed by atoms with Crippen molar-refractivity contribution >= 4 is 23.6 Å². The van der Waals surface area contributed by atoms with E-state index in [1.165, 1.54) is 4.68 Å². The molecule has 0 fully saturated rings. The van der Waals surface area contributed by atoms with Crippen molar-refractivity contribution in [3.63, 3.8) is 0 Å². The summed E-state index contributed by atoms with van der Waals surface area (Å²) in [6.45, 7) is 0. The van der Waals surface area contributed by atoms with Gasteiger partial charge in [0.25, 0.3) is 0 Å². The van der Waals surface area contributed by atoms with Crippen LogP contribution >= 0.6 is 11.6 Å². The maximum Gasteiger partial charge on any atom is 0.156 e. The zero-order valence-corrected chi connectivity index (χ0v) is 8.96. The lowest BCUT2D eigenvalue weighted by Gasteiger charge is -2.01. The summed E-state index contributed by atoms with van der Waals surface area (Å²) < 4.78 is 1.48. The Kier molecular flexibility index (Phi) is 2.78. The highest BCUT2D eigenvalue weighted by atomic mass is 35.5. The number of halogens is 1. The molecule has 0 saturated heterocycles. The van der Waals surface area contributed by atoms with Gasteiger partial charge in [-0.1, -0.05) is 35.0 Å². The third-order valence-electron chi connectivity index (χ3n) is 2.08. The molecule has 16 heavy (non-hydrogen) atoms. The Morgan fingerprint density at radius 3 is 2.69 bits per heavy atom. The molecule has 0 spiro atoms. The van der Waals surface area contributed by atoms with Gasteiger partial charge < -0.3 is 10.9 Å². The molecule has 1 aromatic carbocycles. The van der Waals surface area contributed by atoms with Gasteiger partial charge in [0, 0.05) is 0 Å². The number of nitrogen functional groups attached to an aromatic ring is 1. The van der Waals surface area contributed by atoms with E-state index in [4.69, 9.17) is 22.5 Å². The van der Waals surface area contributed by atoms with E-state index in [1.54, 1.807) is 0 Å². The second-order valence-electron chi connectivity index (χ2n) is 3.08. The molecule has 0 aliphatic heterocycles. The fourth-order valence-corrected chi connectivity index (χ4v) is 1.62. The fraction of sp³-hybridized carbons (Fsp3) is 0. The van der Waals surface area contributed by atoms with Gasteiger partial charge >= 0.3 is 0 Å². The van der Waals surface area contributed by atoms with Gasteiger partial charge in [0.1, 0.15) is 5.15 Å². The van der Waals surface area contributed by atoms with Crippen molar-refractivity contribution in [3.8, 4) is 5.69 Å². The van der Waals surface area contributed by atoms with Gasteiger partial charge in [-0.2, -0.15) is 0 Å². The Morgan fingerprint density at radius 2 is 2.06 bits per heavy atom. The van der Waals surface area contributed by atoms with Crippen molar-refractivity contribution in [1.82, 2.24) is 9.78 Å². The van der Waals surface area contributed by atoms with Crippen LogP contribution in [0.25, 0.3) is 5.69 Å². The average Bonchev–Trinajstić information content (AvgIpc) is 2.59. The Bertz CT molecular complexity index is 521. The van der Waals surface area contributed by atoms with E-state index < -0.39 is 0 Å². The first-order valence-electron chi connectivity index (χ1n) is 4.51. The van der Waals surface area contributed by atoms with Crippen LogP contribution in [0.15, 0.2) is 35.5 Å². The fourth-order valence-electron chi connectivity index (χ4n) is 1.34. The quantitative estimate of drug-likeness (QED) is 0.475. The smallest absolute Gasteiger partial charge is 0.156 e. The van der Waals surface area contributed by atoms with E-state index in [9.17, 15) is 0 Å². The van der Waals surface area contributed by atoms with Gasteiger partial charge in [0.2, 0.25) is 0 Å². The van der Waals surface area contributed by atoms with E-state index in [0.29, 0.717) is 10.7 Å². The molecule has 2 rings (SSSR count). The van der Waals surface area contributed by atoms with E-state index in [-0.39, 0.29) is 5.82 Å². The first kappa shape index (κ1) is 10.5. The van der Waals surface area contributed by atoms with Crippen LogP contribution in [0.1, 0.15) is 5.56 Å². The molecule has 0 aliphatic rings. The first-order chi connectivity index (χ1) is 7.74. The van der Waals surface area contributed by atoms with E-state index in [0.717, 1.165) is 11.9 Å². The molecular weight excluding hydrogens is 228 g/mol. The molecule has 0 saturated carbocycles. The van der Waals surface area contributed by atoms with Crippen LogP contribution in [-0.2, 0) is 0 Å². The van der Waals surface area contributed by atoms with E-state index in [1.807, 2.05) is 30.3 Å². The van der Waals surface area contributed by atoms with Gasteiger partial charge in [-0.25, -0.2) is 4.68 Å². The summed E-state index contributed by atoms with van der Waals surface area (Å²) in [5.74, 6) is 0.214. The molecule has 0 unspecified atom stereocenters. The topological polar surface area (TPSA) is 76.4 Å². The second-order valence-corrected chi connectivity index (χ2v) is 3.44. The van der Waals surface area contributed by atoms with Crippen LogP contribution in [0.3, 0.4) is 0 Å². The molecule has 3 N–H and O–H groups in total. The summed E-state index contributed by atoms with van der Waals surface area (Å²) in [6, 6.07) is 9.31. The van der Waals surface area contributed by atoms with Crippen LogP contribution in [-0.4, -0.2) is 21.2 Å². The van der Waals surface area contributed by atoms with Crippen LogP contribution in [0, 0.1) is 0 Å². The van der Waals surface area contributed by atoms with Gasteiger partial charge in [-0.15, -0.1) is 5.10 Å². The number of hydrogen-bond donors (Lipinski definition) is 2. The largest absolute Gasteiger partial charge is 0.411 e. The number of oxime groups is 1. The minimum Gasteiger partial charge on any atom is -0.411 e. The van der Waals surface area contributed by atoms with Crippen molar-refractivity contribution < 1.29 is 5.21 Å². The highest BCUT2D eigenvalue weighted by Gasteiger charge is 2.13. The second kappa shape index (κ2) is 4.24. The predicted octanol–water partition coefficient (Wildman–Crippen LogP) is 1.92. The summed E-state index contributed by atoms with van der Waals surface area (Å²) in [7, 11) is 0. The van der Waals surface area contributed by atoms with Crippen LogP contribution in [0.5, 0.6) is 0 Å². The van der Waals surface area contributed by atoms with Gasteiger partial charge in [0.05, 0.1) is 17.5 Å². The Labute approximate surface area is 96.7 Å². The number of aromatic nitrogens is 2. The van der Waals surface area contributed by atoms with Gasteiger partial charge in [-0.3, -0.25) is 0 Å². The lowest BCUT2D eigenvalue weighted by atomic mass is 10.3. The molecule has 5 nitrogen and oxygen atoms in total. The first-order valence-corrected chi connectivity index (χ1v) is 4.88. The number of hydrogen-bond acceptors (Lipinski definition) is 4. The molecule has 82 valence electrons. The van der Waals surface area contributed by atoms with Crippen molar-refractivity contribution in [3.05, 3.63) is 41.0 Å². The van der Waals surface area contributed by atoms with E-state index in [2.05, 4.69) is 10.3 Å². The molecule has 0 bridgehead atoms. The monoisotopic (exact) mass is 236 g/mol. The predicted molar refractivity (Wildman–Crippen MR) is 62.4 cm³/mol. The molecular formula is C10H9ClN4O. The molecule has 0 amide bonds. The number of rotatable bonds is 2. The number of benzene rings is 1. The minimum atomic E-state index is 0.214. The Morgan fingerprint density at radius 1 is 1.38 bits per heavy atom. The maximum atomic E-state index is 8.47. The molecule has 1 aromatic heterocycles. The molecule has 0 radical (unpaired) electrons. The van der Waals surface area contributed by atoms with Crippen LogP contribution in [0.2, 0.25) is 5.15 Å². The minimum absolute atomic E-state index is 0.214. The third kappa shape index (κ3) is 1.72. The molecule has 1 heterocycles.